The zero-order chi connectivity index (χ0) is 15.6. The Morgan fingerprint density at radius 1 is 1.23 bits per heavy atom. The van der Waals surface area contributed by atoms with E-state index in [0.29, 0.717) is 12.3 Å². The minimum atomic E-state index is -0.440. The van der Waals surface area contributed by atoms with Gasteiger partial charge in [0.05, 0.1) is 13.2 Å². The highest BCUT2D eigenvalue weighted by molar-refractivity contribution is 5.82. The van der Waals surface area contributed by atoms with Gasteiger partial charge in [-0.3, -0.25) is 0 Å². The van der Waals surface area contributed by atoms with E-state index in [4.69, 9.17) is 15.2 Å². The lowest BCUT2D eigenvalue weighted by Gasteiger charge is -2.14. The SMILES string of the molecule is N/C(=C\C(=O)OCc1ccccc1)COCCN1CCCC1. The number of benzene rings is 1. The zero-order valence-electron chi connectivity index (χ0n) is 12.9. The van der Waals surface area contributed by atoms with Crippen molar-refractivity contribution in [3.8, 4) is 0 Å². The topological polar surface area (TPSA) is 64.8 Å². The second-order valence-corrected chi connectivity index (χ2v) is 5.41. The normalized spacial score (nSPS) is 15.9. The van der Waals surface area contributed by atoms with E-state index in [1.54, 1.807) is 0 Å². The molecule has 0 unspecified atom stereocenters. The van der Waals surface area contributed by atoms with E-state index in [2.05, 4.69) is 4.90 Å². The molecule has 1 fully saturated rings. The molecule has 0 aromatic heterocycles. The molecule has 1 saturated heterocycles. The molecule has 1 heterocycles. The van der Waals surface area contributed by atoms with Crippen LogP contribution in [0.5, 0.6) is 0 Å². The molecule has 2 N–H and O–H groups in total. The van der Waals surface area contributed by atoms with Crippen LogP contribution < -0.4 is 5.73 Å². The van der Waals surface area contributed by atoms with Crippen molar-refractivity contribution in [3.63, 3.8) is 0 Å². The molecule has 0 amide bonds. The number of hydrogen-bond donors (Lipinski definition) is 1. The summed E-state index contributed by atoms with van der Waals surface area (Å²) in [6.07, 6.45) is 3.84. The molecule has 0 saturated carbocycles. The Hall–Kier alpha value is -1.85. The molecule has 0 bridgehead atoms. The van der Waals surface area contributed by atoms with E-state index in [1.807, 2.05) is 30.3 Å². The van der Waals surface area contributed by atoms with Crippen LogP contribution in [0.1, 0.15) is 18.4 Å². The van der Waals surface area contributed by atoms with Gasteiger partial charge in [-0.2, -0.15) is 0 Å². The maximum absolute atomic E-state index is 11.6. The van der Waals surface area contributed by atoms with Crippen LogP contribution in [0.3, 0.4) is 0 Å². The minimum absolute atomic E-state index is 0.249. The van der Waals surface area contributed by atoms with Crippen LogP contribution in [0.4, 0.5) is 0 Å². The first-order chi connectivity index (χ1) is 10.7. The lowest BCUT2D eigenvalue weighted by atomic mass is 10.2. The molecule has 0 aliphatic carbocycles. The van der Waals surface area contributed by atoms with Crippen molar-refractivity contribution < 1.29 is 14.3 Å². The fourth-order valence-electron chi connectivity index (χ4n) is 2.35. The van der Waals surface area contributed by atoms with Gasteiger partial charge in [-0.1, -0.05) is 30.3 Å². The van der Waals surface area contributed by atoms with Crippen LogP contribution in [0.25, 0.3) is 0 Å². The Bertz CT molecular complexity index is 482. The highest BCUT2D eigenvalue weighted by Crippen LogP contribution is 2.06. The van der Waals surface area contributed by atoms with Gasteiger partial charge in [-0.05, 0) is 31.5 Å². The number of nitrogens with two attached hydrogens (primary N) is 1. The number of nitrogens with zero attached hydrogens (tertiary/aromatic N) is 1. The zero-order valence-corrected chi connectivity index (χ0v) is 12.9. The van der Waals surface area contributed by atoms with Gasteiger partial charge in [0.1, 0.15) is 6.61 Å². The van der Waals surface area contributed by atoms with E-state index >= 15 is 0 Å². The average molecular weight is 304 g/mol. The quantitative estimate of drug-likeness (QED) is 0.450. The Morgan fingerprint density at radius 2 is 1.95 bits per heavy atom. The van der Waals surface area contributed by atoms with E-state index < -0.39 is 5.97 Å². The van der Waals surface area contributed by atoms with Gasteiger partial charge in [0.2, 0.25) is 0 Å². The third-order valence-electron chi connectivity index (χ3n) is 3.55. The lowest BCUT2D eigenvalue weighted by Crippen LogP contribution is -2.24. The second kappa shape index (κ2) is 9.23. The van der Waals surface area contributed by atoms with Crippen molar-refractivity contribution in [1.82, 2.24) is 4.90 Å². The van der Waals surface area contributed by atoms with Crippen LogP contribution in [0.2, 0.25) is 0 Å². The van der Waals surface area contributed by atoms with Gasteiger partial charge in [0, 0.05) is 18.3 Å². The van der Waals surface area contributed by atoms with Crippen molar-refractivity contribution in [1.29, 1.82) is 0 Å². The number of rotatable bonds is 8. The van der Waals surface area contributed by atoms with Gasteiger partial charge in [0.15, 0.2) is 0 Å². The number of ether oxygens (including phenoxy) is 2. The smallest absolute Gasteiger partial charge is 0.332 e. The average Bonchev–Trinajstić information content (AvgIpc) is 3.04. The summed E-state index contributed by atoms with van der Waals surface area (Å²) in [7, 11) is 0. The van der Waals surface area contributed by atoms with Crippen molar-refractivity contribution in [2.75, 3.05) is 32.8 Å². The molecule has 1 aromatic carbocycles. The predicted octanol–water partition coefficient (Wildman–Crippen LogP) is 1.68. The number of carbonyl (C=O) groups excluding carboxylic acids is 1. The molecule has 22 heavy (non-hydrogen) atoms. The van der Waals surface area contributed by atoms with Gasteiger partial charge >= 0.3 is 5.97 Å². The molecule has 1 aliphatic rings. The molecular weight excluding hydrogens is 280 g/mol. The summed E-state index contributed by atoms with van der Waals surface area (Å²) < 4.78 is 10.6. The van der Waals surface area contributed by atoms with Crippen molar-refractivity contribution in [3.05, 3.63) is 47.7 Å². The third-order valence-corrected chi connectivity index (χ3v) is 3.55. The van der Waals surface area contributed by atoms with Gasteiger partial charge < -0.3 is 20.1 Å². The summed E-state index contributed by atoms with van der Waals surface area (Å²) in [5.41, 5.74) is 7.10. The summed E-state index contributed by atoms with van der Waals surface area (Å²) >= 11 is 0. The standard InChI is InChI=1S/C17H24N2O3/c18-16(14-21-11-10-19-8-4-5-9-19)12-17(20)22-13-15-6-2-1-3-7-15/h1-3,6-7,12H,4-5,8-11,13-14,18H2/b16-12-. The van der Waals surface area contributed by atoms with Gasteiger partial charge in [-0.15, -0.1) is 0 Å². The third kappa shape index (κ3) is 6.28. The van der Waals surface area contributed by atoms with E-state index in [1.165, 1.54) is 18.9 Å². The Labute approximate surface area is 131 Å². The molecule has 120 valence electrons. The minimum Gasteiger partial charge on any atom is -0.458 e. The monoisotopic (exact) mass is 304 g/mol. The Balaban J connectivity index is 1.59. The van der Waals surface area contributed by atoms with Crippen LogP contribution in [0, 0.1) is 0 Å². The van der Waals surface area contributed by atoms with Crippen LogP contribution in [-0.2, 0) is 20.9 Å². The molecule has 0 spiro atoms. The highest BCUT2D eigenvalue weighted by Gasteiger charge is 2.10. The fourth-order valence-corrected chi connectivity index (χ4v) is 2.35. The first-order valence-electron chi connectivity index (χ1n) is 7.71. The highest BCUT2D eigenvalue weighted by atomic mass is 16.5. The van der Waals surface area contributed by atoms with Gasteiger partial charge in [-0.25, -0.2) is 4.79 Å². The first kappa shape index (κ1) is 16.5. The first-order valence-corrected chi connectivity index (χ1v) is 7.71. The number of hydrogen-bond acceptors (Lipinski definition) is 5. The summed E-state index contributed by atoms with van der Waals surface area (Å²) in [5, 5.41) is 0. The molecule has 0 atom stereocenters. The maximum atomic E-state index is 11.6. The largest absolute Gasteiger partial charge is 0.458 e. The summed E-state index contributed by atoms with van der Waals surface area (Å²) in [5.74, 6) is -0.440. The number of likely N-dealkylation sites (tertiary alicyclic amines) is 1. The molecule has 5 nitrogen and oxygen atoms in total. The van der Waals surface area contributed by atoms with E-state index in [9.17, 15) is 4.79 Å². The molecule has 0 radical (unpaired) electrons. The molecular formula is C17H24N2O3. The van der Waals surface area contributed by atoms with E-state index in [-0.39, 0.29) is 13.2 Å². The predicted molar refractivity (Wildman–Crippen MR) is 85.0 cm³/mol. The van der Waals surface area contributed by atoms with Crippen LogP contribution in [-0.4, -0.2) is 43.7 Å². The summed E-state index contributed by atoms with van der Waals surface area (Å²) in [6.45, 7) is 4.37. The molecule has 2 rings (SSSR count). The van der Waals surface area contributed by atoms with Crippen molar-refractivity contribution in [2.45, 2.75) is 19.4 Å². The molecule has 5 heteroatoms. The molecule has 1 aromatic rings. The maximum Gasteiger partial charge on any atom is 0.332 e. The van der Waals surface area contributed by atoms with Gasteiger partial charge in [0.25, 0.3) is 0 Å². The summed E-state index contributed by atoms with van der Waals surface area (Å²) in [4.78, 5) is 14.0. The van der Waals surface area contributed by atoms with Crippen LogP contribution in [0.15, 0.2) is 42.1 Å². The van der Waals surface area contributed by atoms with E-state index in [0.717, 1.165) is 25.2 Å². The Kier molecular flexibility index (Phi) is 6.93. The van der Waals surface area contributed by atoms with Crippen molar-refractivity contribution in [2.24, 2.45) is 5.73 Å². The fraction of sp³-hybridized carbons (Fsp3) is 0.471. The number of carbonyl (C=O) groups is 1. The Morgan fingerprint density at radius 3 is 2.68 bits per heavy atom. The van der Waals surface area contributed by atoms with Crippen molar-refractivity contribution >= 4 is 5.97 Å². The van der Waals surface area contributed by atoms with Crippen LogP contribution >= 0.6 is 0 Å². The second-order valence-electron chi connectivity index (χ2n) is 5.41. The lowest BCUT2D eigenvalue weighted by molar-refractivity contribution is -0.139. The number of esters is 1. The molecule has 1 aliphatic heterocycles. The summed E-state index contributed by atoms with van der Waals surface area (Å²) in [6, 6.07) is 9.54.